The predicted molar refractivity (Wildman–Crippen MR) is 48.7 cm³/mol. The molecule has 0 aliphatic carbocycles. The van der Waals surface area contributed by atoms with Crippen LogP contribution in [0.25, 0.3) is 11.2 Å². The van der Waals surface area contributed by atoms with Crippen LogP contribution in [0.3, 0.4) is 0 Å². The lowest BCUT2D eigenvalue weighted by Gasteiger charge is -1.93. The van der Waals surface area contributed by atoms with Gasteiger partial charge in [0.15, 0.2) is 5.65 Å². The number of aromatic amines is 1. The number of imidazole rings is 1. The molecule has 2 rings (SSSR count). The van der Waals surface area contributed by atoms with E-state index >= 15 is 0 Å². The minimum absolute atomic E-state index is 0.638. The molecule has 66 valence electrons. The van der Waals surface area contributed by atoms with E-state index < -0.39 is 0 Å². The largest absolute Gasteiger partial charge is 0.405 e. The van der Waals surface area contributed by atoms with Crippen LogP contribution >= 0.6 is 0 Å². The van der Waals surface area contributed by atoms with Gasteiger partial charge in [0, 0.05) is 6.42 Å². The second-order valence-corrected chi connectivity index (χ2v) is 2.56. The molecule has 2 heterocycles. The maximum atomic E-state index is 5.21. The second kappa shape index (κ2) is 3.22. The summed E-state index contributed by atoms with van der Waals surface area (Å²) in [5, 5.41) is 0. The molecule has 2 aromatic heterocycles. The first kappa shape index (κ1) is 7.72. The highest BCUT2D eigenvalue weighted by Crippen LogP contribution is 2.04. The van der Waals surface area contributed by atoms with E-state index in [1.54, 1.807) is 18.6 Å². The Balaban J connectivity index is 2.36. The summed E-state index contributed by atoms with van der Waals surface area (Å²) in [5.41, 5.74) is 6.75. The number of hydrogen-bond donors (Lipinski definition) is 2. The molecule has 0 aromatic carbocycles. The Labute approximate surface area is 74.7 Å². The Bertz CT molecular complexity index is 431. The van der Waals surface area contributed by atoms with Gasteiger partial charge in [0.2, 0.25) is 0 Å². The molecular formula is C8H9N5. The van der Waals surface area contributed by atoms with E-state index in [2.05, 4.69) is 19.9 Å². The highest BCUT2D eigenvalue weighted by atomic mass is 15.0. The van der Waals surface area contributed by atoms with E-state index in [-0.39, 0.29) is 0 Å². The molecule has 0 bridgehead atoms. The zero-order valence-electron chi connectivity index (χ0n) is 6.94. The number of H-pyrrole nitrogens is 1. The van der Waals surface area contributed by atoms with Crippen LogP contribution in [0.4, 0.5) is 0 Å². The topological polar surface area (TPSA) is 80.5 Å². The first-order chi connectivity index (χ1) is 6.40. The summed E-state index contributed by atoms with van der Waals surface area (Å²) >= 11 is 0. The van der Waals surface area contributed by atoms with Crippen LogP contribution in [-0.4, -0.2) is 19.9 Å². The van der Waals surface area contributed by atoms with Gasteiger partial charge in [-0.3, -0.25) is 0 Å². The van der Waals surface area contributed by atoms with Crippen molar-refractivity contribution in [1.82, 2.24) is 19.9 Å². The molecule has 3 N–H and O–H groups in total. The van der Waals surface area contributed by atoms with Crippen molar-refractivity contribution in [2.24, 2.45) is 5.73 Å². The van der Waals surface area contributed by atoms with E-state index in [9.17, 15) is 0 Å². The van der Waals surface area contributed by atoms with Crippen LogP contribution in [0.2, 0.25) is 0 Å². The van der Waals surface area contributed by atoms with Crippen molar-refractivity contribution in [3.63, 3.8) is 0 Å². The lowest BCUT2D eigenvalue weighted by Crippen LogP contribution is -1.93. The lowest BCUT2D eigenvalue weighted by molar-refractivity contribution is 1.01. The average Bonchev–Trinajstić information content (AvgIpc) is 2.61. The van der Waals surface area contributed by atoms with Crippen LogP contribution in [0.15, 0.2) is 24.8 Å². The van der Waals surface area contributed by atoms with Crippen LogP contribution in [0, 0.1) is 0 Å². The van der Waals surface area contributed by atoms with Gasteiger partial charge in [0.1, 0.15) is 11.3 Å². The average molecular weight is 175 g/mol. The molecule has 5 heteroatoms. The van der Waals surface area contributed by atoms with Crippen molar-refractivity contribution in [1.29, 1.82) is 0 Å². The van der Waals surface area contributed by atoms with Gasteiger partial charge < -0.3 is 10.7 Å². The zero-order chi connectivity index (χ0) is 9.10. The molecule has 0 radical (unpaired) electrons. The predicted octanol–water partition coefficient (Wildman–Crippen LogP) is 0.368. The molecule has 0 atom stereocenters. The summed E-state index contributed by atoms with van der Waals surface area (Å²) in [4.78, 5) is 15.3. The van der Waals surface area contributed by atoms with E-state index in [4.69, 9.17) is 5.73 Å². The summed E-state index contributed by atoms with van der Waals surface area (Å²) in [6.07, 6.45) is 7.24. The number of nitrogens with two attached hydrogens (primary N) is 1. The molecule has 0 fully saturated rings. The normalized spacial score (nSPS) is 11.4. The van der Waals surface area contributed by atoms with Crippen molar-refractivity contribution in [3.05, 3.63) is 30.6 Å². The lowest BCUT2D eigenvalue weighted by atomic mass is 10.4. The third kappa shape index (κ3) is 1.48. The van der Waals surface area contributed by atoms with Gasteiger partial charge in [-0.15, -0.1) is 0 Å². The van der Waals surface area contributed by atoms with E-state index in [1.165, 1.54) is 6.20 Å². The quantitative estimate of drug-likeness (QED) is 0.690. The Morgan fingerprint density at radius 1 is 1.46 bits per heavy atom. The van der Waals surface area contributed by atoms with Crippen molar-refractivity contribution >= 4 is 11.2 Å². The summed E-state index contributed by atoms with van der Waals surface area (Å²) in [6, 6.07) is 0. The molecule has 0 spiro atoms. The van der Waals surface area contributed by atoms with Crippen molar-refractivity contribution in [2.45, 2.75) is 6.42 Å². The van der Waals surface area contributed by atoms with Gasteiger partial charge in [-0.2, -0.15) is 0 Å². The Morgan fingerprint density at radius 2 is 2.38 bits per heavy atom. The van der Waals surface area contributed by atoms with Crippen LogP contribution in [0.5, 0.6) is 0 Å². The fraction of sp³-hybridized carbons (Fsp3) is 0.125. The molecule has 5 nitrogen and oxygen atoms in total. The van der Waals surface area contributed by atoms with Gasteiger partial charge >= 0.3 is 0 Å². The summed E-state index contributed by atoms with van der Waals surface area (Å²) in [5.74, 6) is 0.723. The summed E-state index contributed by atoms with van der Waals surface area (Å²) in [6.45, 7) is 0. The van der Waals surface area contributed by atoms with Gasteiger partial charge in [-0.25, -0.2) is 15.0 Å². The molecule has 0 unspecified atom stereocenters. The maximum Gasteiger partial charge on any atom is 0.180 e. The van der Waals surface area contributed by atoms with Gasteiger partial charge in [0.25, 0.3) is 0 Å². The van der Waals surface area contributed by atoms with Crippen LogP contribution in [-0.2, 0) is 6.42 Å². The number of rotatable bonds is 2. The highest BCUT2D eigenvalue weighted by molar-refractivity contribution is 5.68. The van der Waals surface area contributed by atoms with E-state index in [1.807, 2.05) is 0 Å². The molecule has 0 saturated heterocycles. The first-order valence-electron chi connectivity index (χ1n) is 3.92. The number of allylic oxidation sites excluding steroid dienone is 1. The smallest absolute Gasteiger partial charge is 0.180 e. The SMILES string of the molecule is NC=CCc1ncc2[nH]cnc2n1. The first-order valence-corrected chi connectivity index (χ1v) is 3.92. The number of nitrogens with zero attached hydrogens (tertiary/aromatic N) is 3. The Kier molecular flexibility index (Phi) is 1.91. The molecular weight excluding hydrogens is 166 g/mol. The van der Waals surface area contributed by atoms with Gasteiger partial charge in [-0.1, -0.05) is 6.08 Å². The number of fused-ring (bicyclic) bond motifs is 1. The van der Waals surface area contributed by atoms with Crippen LogP contribution in [0.1, 0.15) is 5.82 Å². The fourth-order valence-corrected chi connectivity index (χ4v) is 1.04. The number of aromatic nitrogens is 4. The van der Waals surface area contributed by atoms with Crippen molar-refractivity contribution in [2.75, 3.05) is 0 Å². The Hall–Kier alpha value is -1.91. The zero-order valence-corrected chi connectivity index (χ0v) is 6.94. The summed E-state index contributed by atoms with van der Waals surface area (Å²) < 4.78 is 0. The van der Waals surface area contributed by atoms with Crippen molar-refractivity contribution < 1.29 is 0 Å². The van der Waals surface area contributed by atoms with Crippen molar-refractivity contribution in [3.8, 4) is 0 Å². The van der Waals surface area contributed by atoms with E-state index in [0.717, 1.165) is 11.3 Å². The molecule has 13 heavy (non-hydrogen) atoms. The number of hydrogen-bond acceptors (Lipinski definition) is 4. The monoisotopic (exact) mass is 175 g/mol. The molecule has 0 amide bonds. The maximum absolute atomic E-state index is 5.21. The molecule has 0 aliphatic heterocycles. The van der Waals surface area contributed by atoms with E-state index in [0.29, 0.717) is 12.1 Å². The highest BCUT2D eigenvalue weighted by Gasteiger charge is 1.99. The molecule has 2 aromatic rings. The third-order valence-corrected chi connectivity index (χ3v) is 1.66. The van der Waals surface area contributed by atoms with Gasteiger partial charge in [-0.05, 0) is 6.20 Å². The molecule has 0 aliphatic rings. The minimum Gasteiger partial charge on any atom is -0.405 e. The summed E-state index contributed by atoms with van der Waals surface area (Å²) in [7, 11) is 0. The molecule has 0 saturated carbocycles. The third-order valence-electron chi connectivity index (χ3n) is 1.66. The fourth-order valence-electron chi connectivity index (χ4n) is 1.04. The second-order valence-electron chi connectivity index (χ2n) is 2.56. The number of nitrogens with one attached hydrogen (secondary N) is 1. The van der Waals surface area contributed by atoms with Gasteiger partial charge in [0.05, 0.1) is 12.5 Å². The van der Waals surface area contributed by atoms with Crippen LogP contribution < -0.4 is 5.73 Å². The standard InChI is InChI=1S/C8H9N5/c9-3-1-2-7-10-4-6-8(13-7)12-5-11-6/h1,3-5H,2,9H2,(H,10,11,12,13). The minimum atomic E-state index is 0.638. The Morgan fingerprint density at radius 3 is 3.23 bits per heavy atom.